The van der Waals surface area contributed by atoms with Gasteiger partial charge in [-0.2, -0.15) is 11.3 Å². The zero-order chi connectivity index (χ0) is 6.15. The molecular formula is C4H3BBr2S. The highest BCUT2D eigenvalue weighted by atomic mass is 79.9. The van der Waals surface area contributed by atoms with Gasteiger partial charge in [-0.3, -0.25) is 0 Å². The summed E-state index contributed by atoms with van der Waals surface area (Å²) in [7, 11) is 2.08. The van der Waals surface area contributed by atoms with Crippen molar-refractivity contribution in [1.82, 2.24) is 0 Å². The maximum absolute atomic E-state index is 3.41. The van der Waals surface area contributed by atoms with Crippen molar-refractivity contribution in [2.45, 2.75) is 0 Å². The quantitative estimate of drug-likeness (QED) is 0.616. The standard InChI is InChI=1S/C4H3BBr2S/c5-4-3(7)2(6)1-8-4/h1H,5H2. The molecule has 0 fully saturated rings. The summed E-state index contributed by atoms with van der Waals surface area (Å²) < 4.78 is 3.65. The first kappa shape index (κ1) is 6.84. The van der Waals surface area contributed by atoms with E-state index in [1.54, 1.807) is 11.3 Å². The predicted molar refractivity (Wildman–Crippen MR) is 47.9 cm³/mol. The number of hydrogen-bond donors (Lipinski definition) is 0. The summed E-state index contributed by atoms with van der Waals surface area (Å²) in [6, 6.07) is 0. The molecule has 0 radical (unpaired) electrons. The molecule has 0 spiro atoms. The monoisotopic (exact) mass is 252 g/mol. The Bertz CT molecular complexity index is 176. The second-order valence-corrected chi connectivity index (χ2v) is 4.18. The van der Waals surface area contributed by atoms with Crippen LogP contribution in [0.4, 0.5) is 0 Å². The van der Waals surface area contributed by atoms with Crippen LogP contribution in [-0.4, -0.2) is 7.85 Å². The van der Waals surface area contributed by atoms with Gasteiger partial charge in [0, 0.05) is 14.3 Å². The summed E-state index contributed by atoms with van der Waals surface area (Å²) in [4.78, 5) is 0. The Kier molecular flexibility index (Phi) is 2.17. The molecule has 42 valence electrons. The molecule has 0 atom stereocenters. The van der Waals surface area contributed by atoms with Gasteiger partial charge in [0.2, 0.25) is 0 Å². The Morgan fingerprint density at radius 2 is 2.12 bits per heavy atom. The fourth-order valence-electron chi connectivity index (χ4n) is 0.412. The normalized spacial score (nSPS) is 9.75. The van der Waals surface area contributed by atoms with E-state index >= 15 is 0 Å². The van der Waals surface area contributed by atoms with Crippen LogP contribution in [0.2, 0.25) is 0 Å². The van der Waals surface area contributed by atoms with Crippen molar-refractivity contribution in [3.8, 4) is 0 Å². The summed E-state index contributed by atoms with van der Waals surface area (Å²) >= 11 is 8.53. The second-order valence-electron chi connectivity index (χ2n) is 1.45. The van der Waals surface area contributed by atoms with Gasteiger partial charge in [0.1, 0.15) is 0 Å². The first-order valence-electron chi connectivity index (χ1n) is 2.11. The van der Waals surface area contributed by atoms with Crippen LogP contribution in [0.5, 0.6) is 0 Å². The van der Waals surface area contributed by atoms with Crippen molar-refractivity contribution in [3.63, 3.8) is 0 Å². The third-order valence-corrected chi connectivity index (χ3v) is 4.51. The van der Waals surface area contributed by atoms with E-state index in [0.29, 0.717) is 0 Å². The lowest BCUT2D eigenvalue weighted by Crippen LogP contribution is -1.93. The van der Waals surface area contributed by atoms with Gasteiger partial charge in [-0.15, -0.1) is 0 Å². The zero-order valence-corrected chi connectivity index (χ0v) is 8.23. The molecule has 0 bridgehead atoms. The average Bonchev–Trinajstić information content (AvgIpc) is 1.98. The topological polar surface area (TPSA) is 0 Å². The van der Waals surface area contributed by atoms with Crippen LogP contribution < -0.4 is 4.78 Å². The molecule has 0 saturated carbocycles. The van der Waals surface area contributed by atoms with Crippen LogP contribution >= 0.6 is 43.2 Å². The number of hydrogen-bond acceptors (Lipinski definition) is 1. The van der Waals surface area contributed by atoms with Gasteiger partial charge in [0.25, 0.3) is 0 Å². The summed E-state index contributed by atoms with van der Waals surface area (Å²) in [6.07, 6.45) is 0. The first-order valence-corrected chi connectivity index (χ1v) is 4.57. The van der Waals surface area contributed by atoms with Gasteiger partial charge < -0.3 is 0 Å². The van der Waals surface area contributed by atoms with Crippen molar-refractivity contribution in [2.24, 2.45) is 0 Å². The Hall–Kier alpha value is 0.725. The lowest BCUT2D eigenvalue weighted by Gasteiger charge is -1.82. The molecule has 0 aliphatic carbocycles. The van der Waals surface area contributed by atoms with Crippen LogP contribution in [0.1, 0.15) is 0 Å². The molecule has 0 unspecified atom stereocenters. The molecule has 0 aliphatic heterocycles. The van der Waals surface area contributed by atoms with E-state index in [4.69, 9.17) is 0 Å². The van der Waals surface area contributed by atoms with Gasteiger partial charge in [0.05, 0.1) is 0 Å². The molecule has 1 aromatic rings. The molecule has 0 nitrogen and oxygen atoms in total. The van der Waals surface area contributed by atoms with E-state index in [2.05, 4.69) is 45.1 Å². The molecular weight excluding hydrogens is 251 g/mol. The third-order valence-electron chi connectivity index (χ3n) is 0.858. The maximum Gasteiger partial charge on any atom is 0.154 e. The lowest BCUT2D eigenvalue weighted by atomic mass is 10.1. The molecule has 0 aromatic carbocycles. The van der Waals surface area contributed by atoms with Gasteiger partial charge >= 0.3 is 0 Å². The summed E-state index contributed by atoms with van der Waals surface area (Å²) in [5, 5.41) is 2.07. The van der Waals surface area contributed by atoms with Gasteiger partial charge in [-0.05, 0) is 36.6 Å². The van der Waals surface area contributed by atoms with Crippen molar-refractivity contribution >= 4 is 55.8 Å². The molecule has 8 heavy (non-hydrogen) atoms. The van der Waals surface area contributed by atoms with E-state index in [9.17, 15) is 0 Å². The molecule has 1 rings (SSSR count). The minimum Gasteiger partial charge on any atom is -0.157 e. The first-order chi connectivity index (χ1) is 3.72. The van der Waals surface area contributed by atoms with E-state index in [1.165, 1.54) is 9.25 Å². The maximum atomic E-state index is 3.41. The number of thiophene rings is 1. The fraction of sp³-hybridized carbons (Fsp3) is 0. The van der Waals surface area contributed by atoms with Crippen LogP contribution in [-0.2, 0) is 0 Å². The van der Waals surface area contributed by atoms with Crippen LogP contribution in [0.3, 0.4) is 0 Å². The smallest absolute Gasteiger partial charge is 0.154 e. The fourth-order valence-corrected chi connectivity index (χ4v) is 2.28. The third kappa shape index (κ3) is 1.17. The van der Waals surface area contributed by atoms with Crippen molar-refractivity contribution in [2.75, 3.05) is 0 Å². The molecule has 1 aromatic heterocycles. The average molecular weight is 254 g/mol. The van der Waals surface area contributed by atoms with Crippen molar-refractivity contribution < 1.29 is 0 Å². The highest BCUT2D eigenvalue weighted by Gasteiger charge is 1.99. The van der Waals surface area contributed by atoms with Gasteiger partial charge in [-0.1, -0.05) is 0 Å². The van der Waals surface area contributed by atoms with Gasteiger partial charge in [-0.25, -0.2) is 0 Å². The lowest BCUT2D eigenvalue weighted by molar-refractivity contribution is 1.83. The molecule has 0 N–H and O–H groups in total. The SMILES string of the molecule is Bc1scc(Br)c1Br. The minimum absolute atomic E-state index is 1.15. The second kappa shape index (κ2) is 2.54. The summed E-state index contributed by atoms with van der Waals surface area (Å²) in [5.74, 6) is 0. The van der Waals surface area contributed by atoms with Crippen LogP contribution in [0.25, 0.3) is 0 Å². The van der Waals surface area contributed by atoms with E-state index in [-0.39, 0.29) is 0 Å². The van der Waals surface area contributed by atoms with Crippen molar-refractivity contribution in [3.05, 3.63) is 14.3 Å². The molecule has 0 saturated heterocycles. The Labute approximate surface area is 70.0 Å². The molecule has 0 aliphatic rings. The van der Waals surface area contributed by atoms with Crippen LogP contribution in [0, 0.1) is 0 Å². The highest BCUT2D eigenvalue weighted by molar-refractivity contribution is 9.13. The highest BCUT2D eigenvalue weighted by Crippen LogP contribution is 2.23. The summed E-state index contributed by atoms with van der Waals surface area (Å²) in [5.41, 5.74) is 0. The van der Waals surface area contributed by atoms with Crippen molar-refractivity contribution in [1.29, 1.82) is 0 Å². The van der Waals surface area contributed by atoms with Crippen LogP contribution in [0.15, 0.2) is 14.3 Å². The summed E-state index contributed by atoms with van der Waals surface area (Å²) in [6.45, 7) is 0. The van der Waals surface area contributed by atoms with E-state index in [1.807, 2.05) is 0 Å². The zero-order valence-electron chi connectivity index (χ0n) is 4.24. The Morgan fingerprint density at radius 3 is 2.25 bits per heavy atom. The predicted octanol–water partition coefficient (Wildman–Crippen LogP) is 1.53. The van der Waals surface area contributed by atoms with E-state index < -0.39 is 0 Å². The Morgan fingerprint density at radius 1 is 1.50 bits per heavy atom. The van der Waals surface area contributed by atoms with Gasteiger partial charge in [0.15, 0.2) is 7.85 Å². The Balaban J connectivity index is 3.19. The largest absolute Gasteiger partial charge is 0.157 e. The molecule has 0 amide bonds. The molecule has 1 heterocycles. The molecule has 4 heteroatoms. The number of rotatable bonds is 0. The minimum atomic E-state index is 1.15. The number of halogens is 2. The van der Waals surface area contributed by atoms with E-state index in [0.717, 1.165) is 4.47 Å².